The van der Waals surface area contributed by atoms with Crippen molar-refractivity contribution >= 4 is 27.5 Å². The van der Waals surface area contributed by atoms with Crippen molar-refractivity contribution in [2.45, 2.75) is 44.6 Å². The van der Waals surface area contributed by atoms with E-state index >= 15 is 0 Å². The molecule has 0 bridgehead atoms. The maximum absolute atomic E-state index is 13.1. The third kappa shape index (κ3) is 5.72. The number of carbonyl (C=O) groups is 2. The number of hydrogen-bond acceptors (Lipinski definition) is 5. The minimum atomic E-state index is -3.72. The molecular weight excluding hydrogens is 442 g/mol. The van der Waals surface area contributed by atoms with E-state index in [0.717, 1.165) is 24.9 Å². The number of nitrogens with one attached hydrogen (secondary N) is 1. The molecule has 0 radical (unpaired) electrons. The predicted octanol–water partition coefficient (Wildman–Crippen LogP) is 3.49. The first kappa shape index (κ1) is 24.7. The van der Waals surface area contributed by atoms with Crippen LogP contribution in [0.5, 0.6) is 5.75 Å². The number of amides is 2. The highest BCUT2D eigenvalue weighted by atomic mass is 32.2. The van der Waals surface area contributed by atoms with Crippen molar-refractivity contribution in [2.24, 2.45) is 0 Å². The van der Waals surface area contributed by atoms with Crippen LogP contribution in [0.1, 0.15) is 49.0 Å². The monoisotopic (exact) mass is 473 g/mol. The standard InChI is InChI=1S/C24H31N3O5S/c1-4-27(5-2)33(30,31)20-12-13-22(32-3)21(16-20)24(29)25-19-10-8-9-18(15-19)17-26-14-7-6-11-23(26)28/h8-10,12-13,15-16H,4-7,11,14,17H2,1-3H3,(H,25,29). The molecule has 0 aliphatic carbocycles. The van der Waals surface area contributed by atoms with E-state index in [-0.39, 0.29) is 22.1 Å². The smallest absolute Gasteiger partial charge is 0.259 e. The summed E-state index contributed by atoms with van der Waals surface area (Å²) in [4.78, 5) is 27.0. The van der Waals surface area contributed by atoms with E-state index in [4.69, 9.17) is 4.74 Å². The van der Waals surface area contributed by atoms with Gasteiger partial charge in [0.1, 0.15) is 5.75 Å². The van der Waals surface area contributed by atoms with Gasteiger partial charge in [0.2, 0.25) is 15.9 Å². The Bertz CT molecular complexity index is 1110. The third-order valence-electron chi connectivity index (χ3n) is 5.74. The molecule has 0 saturated carbocycles. The summed E-state index contributed by atoms with van der Waals surface area (Å²) in [7, 11) is -2.29. The molecule has 1 N–H and O–H groups in total. The molecule has 2 amide bonds. The lowest BCUT2D eigenvalue weighted by molar-refractivity contribution is -0.133. The van der Waals surface area contributed by atoms with Gasteiger partial charge in [-0.3, -0.25) is 9.59 Å². The third-order valence-corrected chi connectivity index (χ3v) is 7.78. The predicted molar refractivity (Wildman–Crippen MR) is 127 cm³/mol. The minimum Gasteiger partial charge on any atom is -0.496 e. The zero-order valence-corrected chi connectivity index (χ0v) is 20.2. The molecule has 1 saturated heterocycles. The van der Waals surface area contributed by atoms with E-state index in [1.165, 1.54) is 29.6 Å². The zero-order valence-electron chi connectivity index (χ0n) is 19.3. The number of anilines is 1. The van der Waals surface area contributed by atoms with Crippen molar-refractivity contribution in [1.82, 2.24) is 9.21 Å². The van der Waals surface area contributed by atoms with Crippen LogP contribution in [0.4, 0.5) is 5.69 Å². The van der Waals surface area contributed by atoms with Gasteiger partial charge in [-0.25, -0.2) is 8.42 Å². The molecule has 1 heterocycles. The average molecular weight is 474 g/mol. The Balaban J connectivity index is 1.83. The van der Waals surface area contributed by atoms with Crippen LogP contribution >= 0.6 is 0 Å². The summed E-state index contributed by atoms with van der Waals surface area (Å²) in [5.41, 5.74) is 1.59. The van der Waals surface area contributed by atoms with E-state index in [2.05, 4.69) is 5.32 Å². The molecule has 2 aromatic carbocycles. The van der Waals surface area contributed by atoms with Gasteiger partial charge in [-0.15, -0.1) is 0 Å². The molecular formula is C24H31N3O5S. The molecule has 1 aliphatic heterocycles. The first-order valence-electron chi connectivity index (χ1n) is 11.2. The molecule has 8 nitrogen and oxygen atoms in total. The molecule has 0 atom stereocenters. The van der Waals surface area contributed by atoms with Gasteiger partial charge in [-0.2, -0.15) is 4.31 Å². The van der Waals surface area contributed by atoms with Gasteiger partial charge >= 0.3 is 0 Å². The SMILES string of the molecule is CCN(CC)S(=O)(=O)c1ccc(OC)c(C(=O)Nc2cccc(CN3CCCCC3=O)c2)c1. The molecule has 178 valence electrons. The lowest BCUT2D eigenvalue weighted by Crippen LogP contribution is -2.34. The maximum Gasteiger partial charge on any atom is 0.259 e. The van der Waals surface area contributed by atoms with E-state index in [1.807, 2.05) is 23.1 Å². The van der Waals surface area contributed by atoms with Gasteiger partial charge < -0.3 is 15.0 Å². The Morgan fingerprint density at radius 1 is 1.12 bits per heavy atom. The van der Waals surface area contributed by atoms with Gasteiger partial charge in [0.15, 0.2) is 0 Å². The number of methoxy groups -OCH3 is 1. The molecule has 3 rings (SSSR count). The Hall–Kier alpha value is -2.91. The fraction of sp³-hybridized carbons (Fsp3) is 0.417. The minimum absolute atomic E-state index is 0.0366. The van der Waals surface area contributed by atoms with Crippen molar-refractivity contribution in [1.29, 1.82) is 0 Å². The van der Waals surface area contributed by atoms with E-state index < -0.39 is 15.9 Å². The largest absolute Gasteiger partial charge is 0.496 e. The fourth-order valence-electron chi connectivity index (χ4n) is 3.93. The van der Waals surface area contributed by atoms with E-state index in [0.29, 0.717) is 31.7 Å². The van der Waals surface area contributed by atoms with Crippen LogP contribution in [-0.4, -0.2) is 56.2 Å². The van der Waals surface area contributed by atoms with Gasteiger partial charge in [0.05, 0.1) is 17.6 Å². The molecule has 1 aliphatic rings. The summed E-state index contributed by atoms with van der Waals surface area (Å²) >= 11 is 0. The second kappa shape index (κ2) is 10.8. The van der Waals surface area contributed by atoms with Crippen LogP contribution in [0.15, 0.2) is 47.4 Å². The quantitative estimate of drug-likeness (QED) is 0.601. The van der Waals surface area contributed by atoms with Gasteiger partial charge in [-0.1, -0.05) is 26.0 Å². The highest BCUT2D eigenvalue weighted by Gasteiger charge is 2.25. The van der Waals surface area contributed by atoms with Gasteiger partial charge in [0.25, 0.3) is 5.91 Å². The normalized spacial score (nSPS) is 14.4. The van der Waals surface area contributed by atoms with Crippen LogP contribution < -0.4 is 10.1 Å². The molecule has 33 heavy (non-hydrogen) atoms. The summed E-state index contributed by atoms with van der Waals surface area (Å²) in [6.45, 7) is 5.42. The van der Waals surface area contributed by atoms with Crippen LogP contribution in [0.3, 0.4) is 0 Å². The number of likely N-dealkylation sites (tertiary alicyclic amines) is 1. The highest BCUT2D eigenvalue weighted by molar-refractivity contribution is 7.89. The maximum atomic E-state index is 13.1. The molecule has 0 unspecified atom stereocenters. The number of ether oxygens (including phenoxy) is 1. The zero-order chi connectivity index (χ0) is 24.0. The highest BCUT2D eigenvalue weighted by Crippen LogP contribution is 2.26. The molecule has 2 aromatic rings. The van der Waals surface area contributed by atoms with Crippen molar-refractivity contribution in [2.75, 3.05) is 32.1 Å². The lowest BCUT2D eigenvalue weighted by atomic mass is 10.1. The Morgan fingerprint density at radius 2 is 1.88 bits per heavy atom. The van der Waals surface area contributed by atoms with Crippen LogP contribution in [0.25, 0.3) is 0 Å². The summed E-state index contributed by atoms with van der Waals surface area (Å²) in [5.74, 6) is -0.0534. The van der Waals surface area contributed by atoms with Crippen LogP contribution in [0, 0.1) is 0 Å². The van der Waals surface area contributed by atoms with Crippen LogP contribution in [0.2, 0.25) is 0 Å². The van der Waals surface area contributed by atoms with Crippen molar-refractivity contribution in [3.63, 3.8) is 0 Å². The van der Waals surface area contributed by atoms with Crippen molar-refractivity contribution in [3.8, 4) is 5.75 Å². The summed E-state index contributed by atoms with van der Waals surface area (Å²) in [5, 5.41) is 2.83. The molecule has 1 fully saturated rings. The topological polar surface area (TPSA) is 96.0 Å². The number of piperidine rings is 1. The van der Waals surface area contributed by atoms with Crippen molar-refractivity contribution in [3.05, 3.63) is 53.6 Å². The van der Waals surface area contributed by atoms with Gasteiger partial charge in [-0.05, 0) is 48.7 Å². The summed E-state index contributed by atoms with van der Waals surface area (Å²) < 4.78 is 32.5. The van der Waals surface area contributed by atoms with Crippen LogP contribution in [-0.2, 0) is 21.4 Å². The number of sulfonamides is 1. The summed E-state index contributed by atoms with van der Waals surface area (Å²) in [6, 6.07) is 11.6. The molecule has 0 spiro atoms. The average Bonchev–Trinajstić information content (AvgIpc) is 2.81. The first-order chi connectivity index (χ1) is 15.8. The van der Waals surface area contributed by atoms with E-state index in [9.17, 15) is 18.0 Å². The number of benzene rings is 2. The number of carbonyl (C=O) groups excluding carboxylic acids is 2. The second-order valence-electron chi connectivity index (χ2n) is 7.88. The Kier molecular flexibility index (Phi) is 8.10. The van der Waals surface area contributed by atoms with Gasteiger partial charge in [0, 0.05) is 38.3 Å². The number of rotatable bonds is 9. The molecule has 9 heteroatoms. The fourth-order valence-corrected chi connectivity index (χ4v) is 5.42. The van der Waals surface area contributed by atoms with Crippen molar-refractivity contribution < 1.29 is 22.7 Å². The van der Waals surface area contributed by atoms with E-state index in [1.54, 1.807) is 19.9 Å². The first-order valence-corrected chi connectivity index (χ1v) is 12.6. The Labute approximate surface area is 195 Å². The Morgan fingerprint density at radius 3 is 2.55 bits per heavy atom. The summed E-state index contributed by atoms with van der Waals surface area (Å²) in [6.07, 6.45) is 2.49. The number of hydrogen-bond donors (Lipinski definition) is 1. The lowest BCUT2D eigenvalue weighted by Gasteiger charge is -2.26. The second-order valence-corrected chi connectivity index (χ2v) is 9.82. The molecule has 0 aromatic heterocycles. The number of nitrogens with zero attached hydrogens (tertiary/aromatic N) is 2.